The molecular weight excluding hydrogens is 640 g/mol. The van der Waals surface area contributed by atoms with Crippen LogP contribution in [0.2, 0.25) is 5.28 Å². The number of nitrogens with zero attached hydrogens (tertiary/aromatic N) is 3. The van der Waals surface area contributed by atoms with Crippen LogP contribution >= 0.6 is 11.6 Å². The van der Waals surface area contributed by atoms with E-state index < -0.39 is 0 Å². The Labute approximate surface area is 312 Å². The van der Waals surface area contributed by atoms with Gasteiger partial charge in [-0.05, 0) is 24.4 Å². The minimum absolute atomic E-state index is 0.0631. The van der Waals surface area contributed by atoms with Gasteiger partial charge >= 0.3 is 0 Å². The normalized spacial score (nSPS) is 11.5. The van der Waals surface area contributed by atoms with E-state index in [0.717, 1.165) is 25.9 Å². The molecule has 0 aliphatic rings. The maximum Gasteiger partial charge on any atom is 0.279 e. The van der Waals surface area contributed by atoms with Crippen LogP contribution in [0.4, 0.5) is 11.8 Å². The van der Waals surface area contributed by atoms with Crippen molar-refractivity contribution >= 4 is 34.4 Å². The largest absolute Gasteiger partial charge is 0.368 e. The van der Waals surface area contributed by atoms with Crippen molar-refractivity contribution in [2.45, 2.75) is 219 Å². The van der Waals surface area contributed by atoms with Crippen LogP contribution < -0.4 is 16.2 Å². The van der Waals surface area contributed by atoms with E-state index in [1.807, 2.05) is 0 Å². The Bertz CT molecular complexity index is 1130. The van der Waals surface area contributed by atoms with Gasteiger partial charge in [0.05, 0.1) is 0 Å². The second kappa shape index (κ2) is 31.8. The third-order valence-corrected chi connectivity index (χ3v) is 10.3. The predicted octanol–water partition coefficient (Wildman–Crippen LogP) is 13.7. The Morgan fingerprint density at radius 3 is 1.16 bits per heavy atom. The molecule has 3 N–H and O–H groups in total. The Kier molecular flexibility index (Phi) is 28.2. The number of aromatic nitrogens is 4. The summed E-state index contributed by atoms with van der Waals surface area (Å²) in [6, 6.07) is 0. The molecule has 0 saturated heterocycles. The molecule has 0 bridgehead atoms. The average Bonchev–Trinajstić information content (AvgIpc) is 3.11. The summed E-state index contributed by atoms with van der Waals surface area (Å²) in [5.74, 6) is 1.01. The lowest BCUT2D eigenvalue weighted by atomic mass is 10.0. The summed E-state index contributed by atoms with van der Waals surface area (Å²) in [6.45, 7) is 6.13. The predicted molar refractivity (Wildman–Crippen MR) is 219 cm³/mol. The highest BCUT2D eigenvalue weighted by molar-refractivity contribution is 6.28. The Morgan fingerprint density at radius 1 is 0.440 bits per heavy atom. The topological polar surface area (TPSA) is 95.6 Å². The molecule has 0 unspecified atom stereocenters. The number of hydrogen-bond acceptors (Lipinski definition) is 6. The number of halogens is 1. The fourth-order valence-corrected chi connectivity index (χ4v) is 7.13. The van der Waals surface area contributed by atoms with Gasteiger partial charge in [0.1, 0.15) is 5.52 Å². The van der Waals surface area contributed by atoms with Crippen LogP contribution in [-0.4, -0.2) is 33.0 Å². The van der Waals surface area contributed by atoms with Crippen molar-refractivity contribution in [2.24, 2.45) is 0 Å². The van der Waals surface area contributed by atoms with Gasteiger partial charge < -0.3 is 10.6 Å². The summed E-state index contributed by atoms with van der Waals surface area (Å²) in [4.78, 5) is 28.9. The lowest BCUT2D eigenvalue weighted by Crippen LogP contribution is -2.17. The summed E-state index contributed by atoms with van der Waals surface area (Å²) < 4.78 is 0. The molecule has 288 valence electrons. The third kappa shape index (κ3) is 22.8. The molecule has 50 heavy (non-hydrogen) atoms. The summed E-state index contributed by atoms with van der Waals surface area (Å²) in [5, 5.41) is 6.75. The molecule has 0 saturated carbocycles. The monoisotopic (exact) mass is 717 g/mol. The molecule has 0 spiro atoms. The maximum atomic E-state index is 12.8. The van der Waals surface area contributed by atoms with Crippen molar-refractivity contribution in [1.82, 2.24) is 19.9 Å². The van der Waals surface area contributed by atoms with Crippen LogP contribution in [0.5, 0.6) is 0 Å². The van der Waals surface area contributed by atoms with E-state index in [0.29, 0.717) is 17.3 Å². The first-order valence-corrected chi connectivity index (χ1v) is 22.0. The van der Waals surface area contributed by atoms with Crippen molar-refractivity contribution in [3.8, 4) is 0 Å². The van der Waals surface area contributed by atoms with Gasteiger partial charge in [-0.2, -0.15) is 4.98 Å². The zero-order chi connectivity index (χ0) is 35.7. The second-order valence-electron chi connectivity index (χ2n) is 14.9. The Balaban J connectivity index is 1.51. The molecule has 8 heteroatoms. The summed E-state index contributed by atoms with van der Waals surface area (Å²) in [7, 11) is 0. The van der Waals surface area contributed by atoms with E-state index in [2.05, 4.69) is 44.4 Å². The quantitative estimate of drug-likeness (QED) is 0.0480. The zero-order valence-electron chi connectivity index (χ0n) is 32.7. The number of fused-ring (bicyclic) bond motifs is 1. The van der Waals surface area contributed by atoms with Crippen LogP contribution in [-0.2, 0) is 0 Å². The van der Waals surface area contributed by atoms with E-state index in [4.69, 9.17) is 11.6 Å². The van der Waals surface area contributed by atoms with Crippen LogP contribution in [0.1, 0.15) is 219 Å². The van der Waals surface area contributed by atoms with Crippen LogP contribution in [0.25, 0.3) is 11.0 Å². The lowest BCUT2D eigenvalue weighted by molar-refractivity contribution is 0.530. The smallest absolute Gasteiger partial charge is 0.279 e. The maximum absolute atomic E-state index is 12.8. The molecular formula is C42H77ClN6O. The number of unbranched alkanes of at least 4 members (excludes halogenated alkanes) is 30. The van der Waals surface area contributed by atoms with Gasteiger partial charge in [0.2, 0.25) is 11.2 Å². The van der Waals surface area contributed by atoms with E-state index in [9.17, 15) is 4.79 Å². The number of H-pyrrole nitrogens is 1. The minimum atomic E-state index is -0.292. The summed E-state index contributed by atoms with van der Waals surface area (Å²) in [5.41, 5.74) is 0.413. The van der Waals surface area contributed by atoms with E-state index >= 15 is 0 Å². The molecule has 2 rings (SSSR count). The highest BCUT2D eigenvalue weighted by atomic mass is 35.5. The molecule has 2 heterocycles. The Morgan fingerprint density at radius 2 is 0.780 bits per heavy atom. The van der Waals surface area contributed by atoms with Gasteiger partial charge in [0.25, 0.3) is 5.56 Å². The number of aromatic amines is 1. The number of rotatable bonds is 36. The Hall–Kier alpha value is -1.89. The van der Waals surface area contributed by atoms with E-state index in [1.54, 1.807) is 0 Å². The van der Waals surface area contributed by atoms with Gasteiger partial charge in [-0.1, -0.05) is 206 Å². The highest BCUT2D eigenvalue weighted by Crippen LogP contribution is 2.20. The van der Waals surface area contributed by atoms with Gasteiger partial charge in [-0.15, -0.1) is 0 Å². The molecule has 2 aromatic rings. The van der Waals surface area contributed by atoms with Crippen LogP contribution in [0, 0.1) is 0 Å². The van der Waals surface area contributed by atoms with Crippen LogP contribution in [0.15, 0.2) is 4.79 Å². The van der Waals surface area contributed by atoms with E-state index in [1.165, 1.54) is 193 Å². The minimum Gasteiger partial charge on any atom is -0.368 e. The fourth-order valence-electron chi connectivity index (χ4n) is 6.97. The summed E-state index contributed by atoms with van der Waals surface area (Å²) >= 11 is 6.17. The van der Waals surface area contributed by atoms with Crippen molar-refractivity contribution in [1.29, 1.82) is 0 Å². The molecule has 2 aromatic heterocycles. The zero-order valence-corrected chi connectivity index (χ0v) is 33.4. The number of nitrogens with one attached hydrogen (secondary N) is 3. The molecule has 0 aliphatic heterocycles. The SMILES string of the molecule is CCCCCCCCCCCCCCCCCCNc1nc2c(NCCCCCCCCCCCCCCCCCC)nc(Cl)nc2c(=O)[nH]1. The molecule has 0 radical (unpaired) electrons. The molecule has 0 aromatic carbocycles. The van der Waals surface area contributed by atoms with Gasteiger partial charge in [-0.3, -0.25) is 9.78 Å². The second-order valence-corrected chi connectivity index (χ2v) is 15.3. The first-order chi connectivity index (χ1) is 24.7. The highest BCUT2D eigenvalue weighted by Gasteiger charge is 2.13. The van der Waals surface area contributed by atoms with Gasteiger partial charge in [0.15, 0.2) is 11.3 Å². The molecule has 7 nitrogen and oxygen atoms in total. The van der Waals surface area contributed by atoms with Crippen molar-refractivity contribution < 1.29 is 0 Å². The van der Waals surface area contributed by atoms with Crippen LogP contribution in [0.3, 0.4) is 0 Å². The average molecular weight is 718 g/mol. The van der Waals surface area contributed by atoms with Gasteiger partial charge in [0, 0.05) is 13.1 Å². The van der Waals surface area contributed by atoms with Crippen molar-refractivity contribution in [3.63, 3.8) is 0 Å². The summed E-state index contributed by atoms with van der Waals surface area (Å²) in [6.07, 6.45) is 43.3. The number of hydrogen-bond donors (Lipinski definition) is 3. The molecule has 0 atom stereocenters. The number of anilines is 2. The molecule has 0 amide bonds. The fraction of sp³-hybridized carbons (Fsp3) is 0.857. The van der Waals surface area contributed by atoms with Gasteiger partial charge in [-0.25, -0.2) is 9.97 Å². The lowest BCUT2D eigenvalue weighted by Gasteiger charge is -2.10. The third-order valence-electron chi connectivity index (χ3n) is 10.2. The molecule has 0 aliphatic carbocycles. The van der Waals surface area contributed by atoms with Crippen molar-refractivity contribution in [3.05, 3.63) is 15.6 Å². The molecule has 0 fully saturated rings. The van der Waals surface area contributed by atoms with Crippen molar-refractivity contribution in [2.75, 3.05) is 23.7 Å². The van der Waals surface area contributed by atoms with E-state index in [-0.39, 0.29) is 16.4 Å². The first-order valence-electron chi connectivity index (χ1n) is 21.6. The first kappa shape index (κ1) is 44.3. The standard InChI is InChI=1S/C42H77ClN6O/c1-3-5-7-9-11-13-15-17-19-21-23-25-27-29-31-33-35-44-39-37-38(46-41(43)48-39)40(50)49-42(47-37)45-36-34-32-30-28-26-24-22-20-18-16-14-12-10-8-6-4-2/h3-36H2,1-2H3,(H,44,46,48)(H2,45,47,49,50).